The summed E-state index contributed by atoms with van der Waals surface area (Å²) in [6.45, 7) is 6.65. The Morgan fingerprint density at radius 1 is 0.656 bits per heavy atom. The second kappa shape index (κ2) is 6.93. The third-order valence-electron chi connectivity index (χ3n) is 7.07. The molecule has 0 aliphatic heterocycles. The molecule has 0 saturated heterocycles. The molecule has 6 rings (SSSR count). The van der Waals surface area contributed by atoms with Crippen molar-refractivity contribution in [3.63, 3.8) is 0 Å². The summed E-state index contributed by atoms with van der Waals surface area (Å²) in [6, 6.07) is 29.0. The molecule has 1 aliphatic rings. The minimum Gasteiger partial charge on any atom is -0.225 e. The lowest BCUT2D eigenvalue weighted by molar-refractivity contribution is -0.633. The lowest BCUT2D eigenvalue weighted by atomic mass is 10.0. The van der Waals surface area contributed by atoms with Crippen molar-refractivity contribution in [1.82, 2.24) is 4.57 Å². The van der Waals surface area contributed by atoms with E-state index in [1.165, 1.54) is 67.1 Å². The molecule has 5 aromatic rings. The second-order valence-corrected chi connectivity index (χ2v) is 9.11. The topological polar surface area (TPSA) is 8.81 Å². The Bertz CT molecular complexity index is 1510. The maximum atomic E-state index is 2.49. The van der Waals surface area contributed by atoms with Crippen LogP contribution in [0.15, 0.2) is 78.9 Å². The molecule has 0 bridgehead atoms. The van der Waals surface area contributed by atoms with Gasteiger partial charge in [-0.25, -0.2) is 4.57 Å². The Labute approximate surface area is 189 Å². The molecule has 1 heterocycles. The first-order valence-electron chi connectivity index (χ1n) is 11.3. The fourth-order valence-electron chi connectivity index (χ4n) is 5.50. The average molecular weight is 416 g/mol. The Morgan fingerprint density at radius 3 is 2.06 bits per heavy atom. The van der Waals surface area contributed by atoms with Gasteiger partial charge in [0.2, 0.25) is 0 Å². The summed E-state index contributed by atoms with van der Waals surface area (Å²) in [4.78, 5) is 0. The summed E-state index contributed by atoms with van der Waals surface area (Å²) in [7, 11) is 2.21. The van der Waals surface area contributed by atoms with Crippen LogP contribution in [0.25, 0.3) is 39.2 Å². The standard InChI is InChI=1S/C30H27N2/c1-19-10-5-7-14-24(19)30-31(4)27-18-26-23(16-22-13-6-8-15-25(22)26)17-28(27)32(30)29-20(2)11-9-12-21(29)3/h5-15,17-18H,16H2,1-4H3/q+1. The normalized spacial score (nSPS) is 12.2. The van der Waals surface area contributed by atoms with E-state index in [1.54, 1.807) is 0 Å². The maximum absolute atomic E-state index is 2.49. The van der Waals surface area contributed by atoms with Crippen LogP contribution in [-0.2, 0) is 13.5 Å². The molecule has 0 atom stereocenters. The highest BCUT2D eigenvalue weighted by Gasteiger charge is 2.31. The van der Waals surface area contributed by atoms with Gasteiger partial charge in [0, 0.05) is 0 Å². The van der Waals surface area contributed by atoms with Crippen LogP contribution in [0.3, 0.4) is 0 Å². The van der Waals surface area contributed by atoms with Gasteiger partial charge in [-0.1, -0.05) is 60.7 Å². The van der Waals surface area contributed by atoms with Gasteiger partial charge < -0.3 is 0 Å². The summed E-state index contributed by atoms with van der Waals surface area (Å²) >= 11 is 0. The predicted octanol–water partition coefficient (Wildman–Crippen LogP) is 6.62. The fourth-order valence-corrected chi connectivity index (χ4v) is 5.50. The lowest BCUT2D eigenvalue weighted by Crippen LogP contribution is -2.30. The number of aromatic nitrogens is 2. The van der Waals surface area contributed by atoms with Crippen LogP contribution in [0.2, 0.25) is 0 Å². The molecule has 0 unspecified atom stereocenters. The number of nitrogens with zero attached hydrogens (tertiary/aromatic N) is 2. The highest BCUT2D eigenvalue weighted by atomic mass is 15.2. The van der Waals surface area contributed by atoms with Crippen molar-refractivity contribution >= 4 is 11.0 Å². The van der Waals surface area contributed by atoms with Gasteiger partial charge >= 0.3 is 0 Å². The van der Waals surface area contributed by atoms with E-state index in [0.717, 1.165) is 6.42 Å². The van der Waals surface area contributed by atoms with Crippen LogP contribution in [-0.4, -0.2) is 4.57 Å². The maximum Gasteiger partial charge on any atom is 0.295 e. The van der Waals surface area contributed by atoms with Gasteiger partial charge in [-0.3, -0.25) is 0 Å². The van der Waals surface area contributed by atoms with E-state index in [2.05, 4.69) is 116 Å². The molecular formula is C30H27N2+. The molecule has 0 radical (unpaired) electrons. The molecule has 2 nitrogen and oxygen atoms in total. The molecule has 0 saturated carbocycles. The van der Waals surface area contributed by atoms with E-state index < -0.39 is 0 Å². The second-order valence-electron chi connectivity index (χ2n) is 9.11. The van der Waals surface area contributed by atoms with Crippen molar-refractivity contribution in [1.29, 1.82) is 0 Å². The molecular weight excluding hydrogens is 388 g/mol. The number of rotatable bonds is 2. The van der Waals surface area contributed by atoms with Gasteiger partial charge in [0.15, 0.2) is 11.0 Å². The molecule has 0 fully saturated rings. The van der Waals surface area contributed by atoms with Gasteiger partial charge in [-0.2, -0.15) is 4.57 Å². The van der Waals surface area contributed by atoms with Crippen LogP contribution in [0.5, 0.6) is 0 Å². The molecule has 0 N–H and O–H groups in total. The number of para-hydroxylation sites is 1. The first-order chi connectivity index (χ1) is 15.5. The molecule has 1 aromatic heterocycles. The predicted molar refractivity (Wildman–Crippen MR) is 132 cm³/mol. The average Bonchev–Trinajstić information content (AvgIpc) is 3.28. The zero-order valence-electron chi connectivity index (χ0n) is 19.1. The van der Waals surface area contributed by atoms with Gasteiger partial charge in [0.1, 0.15) is 5.69 Å². The van der Waals surface area contributed by atoms with Crippen LogP contribution < -0.4 is 4.57 Å². The monoisotopic (exact) mass is 415 g/mol. The minimum atomic E-state index is 1.00. The van der Waals surface area contributed by atoms with Crippen molar-refractivity contribution in [3.8, 4) is 28.2 Å². The first-order valence-corrected chi connectivity index (χ1v) is 11.3. The zero-order valence-corrected chi connectivity index (χ0v) is 19.1. The van der Waals surface area contributed by atoms with E-state index in [-0.39, 0.29) is 0 Å². The molecule has 32 heavy (non-hydrogen) atoms. The molecule has 4 aromatic carbocycles. The molecule has 2 heteroatoms. The highest BCUT2D eigenvalue weighted by molar-refractivity contribution is 5.89. The summed E-state index contributed by atoms with van der Waals surface area (Å²) in [5.74, 6) is 1.23. The molecule has 0 amide bonds. The number of hydrogen-bond donors (Lipinski definition) is 0. The number of imidazole rings is 1. The van der Waals surface area contributed by atoms with Gasteiger partial charge in [-0.15, -0.1) is 0 Å². The molecule has 156 valence electrons. The Kier molecular flexibility index (Phi) is 4.13. The Balaban J connectivity index is 1.76. The summed E-state index contributed by atoms with van der Waals surface area (Å²) in [6.07, 6.45) is 1.00. The van der Waals surface area contributed by atoms with Crippen molar-refractivity contribution in [2.24, 2.45) is 7.05 Å². The van der Waals surface area contributed by atoms with E-state index in [9.17, 15) is 0 Å². The molecule has 1 aliphatic carbocycles. The Hall–Kier alpha value is -3.65. The largest absolute Gasteiger partial charge is 0.295 e. The van der Waals surface area contributed by atoms with Gasteiger partial charge in [-0.05, 0) is 84.3 Å². The lowest BCUT2D eigenvalue weighted by Gasteiger charge is -2.11. The highest BCUT2D eigenvalue weighted by Crippen LogP contribution is 2.40. The van der Waals surface area contributed by atoms with Gasteiger partial charge in [0.25, 0.3) is 5.82 Å². The third-order valence-corrected chi connectivity index (χ3v) is 7.07. The third kappa shape index (κ3) is 2.62. The van der Waals surface area contributed by atoms with E-state index in [1.807, 2.05) is 0 Å². The van der Waals surface area contributed by atoms with Crippen LogP contribution >= 0.6 is 0 Å². The van der Waals surface area contributed by atoms with Crippen LogP contribution in [0, 0.1) is 20.8 Å². The smallest absolute Gasteiger partial charge is 0.225 e. The number of fused-ring (bicyclic) bond motifs is 4. The van der Waals surface area contributed by atoms with Crippen molar-refractivity contribution in [2.45, 2.75) is 27.2 Å². The summed E-state index contributed by atoms with van der Waals surface area (Å²) in [5, 5.41) is 0. The van der Waals surface area contributed by atoms with Gasteiger partial charge in [0.05, 0.1) is 12.6 Å². The summed E-state index contributed by atoms with van der Waals surface area (Å²) < 4.78 is 4.87. The van der Waals surface area contributed by atoms with E-state index >= 15 is 0 Å². The van der Waals surface area contributed by atoms with Crippen LogP contribution in [0.1, 0.15) is 27.8 Å². The number of benzene rings is 4. The van der Waals surface area contributed by atoms with Crippen LogP contribution in [0.4, 0.5) is 0 Å². The summed E-state index contributed by atoms with van der Waals surface area (Å²) in [5.41, 5.74) is 14.6. The number of aryl methyl sites for hydroxylation is 4. The SMILES string of the molecule is Cc1ccccc1-c1n(-c2c(C)cccc2C)c2cc3c(cc2[n+]1C)-c1ccccc1C3. The van der Waals surface area contributed by atoms with E-state index in [0.29, 0.717) is 0 Å². The number of hydrogen-bond acceptors (Lipinski definition) is 0. The van der Waals surface area contributed by atoms with Crippen molar-refractivity contribution < 1.29 is 4.57 Å². The first kappa shape index (κ1) is 19.1. The Morgan fingerprint density at radius 2 is 1.31 bits per heavy atom. The van der Waals surface area contributed by atoms with Crippen molar-refractivity contribution in [2.75, 3.05) is 0 Å². The van der Waals surface area contributed by atoms with E-state index in [4.69, 9.17) is 0 Å². The quantitative estimate of drug-likeness (QED) is 0.281. The zero-order chi connectivity index (χ0) is 22.0. The molecule has 0 spiro atoms. The van der Waals surface area contributed by atoms with Crippen molar-refractivity contribution in [3.05, 3.63) is 107 Å². The minimum absolute atomic E-state index is 1.00. The fraction of sp³-hybridized carbons (Fsp3) is 0.167.